The van der Waals surface area contributed by atoms with E-state index < -0.39 is 5.97 Å². The molecule has 2 aliphatic rings. The van der Waals surface area contributed by atoms with Gasteiger partial charge in [-0.25, -0.2) is 0 Å². The highest BCUT2D eigenvalue weighted by Gasteiger charge is 2.47. The van der Waals surface area contributed by atoms with E-state index in [4.69, 9.17) is 0 Å². The van der Waals surface area contributed by atoms with Crippen molar-refractivity contribution in [1.82, 2.24) is 4.90 Å². The van der Waals surface area contributed by atoms with Gasteiger partial charge in [0.1, 0.15) is 6.04 Å². The Balaban J connectivity index is 1.88. The molecule has 1 aliphatic heterocycles. The van der Waals surface area contributed by atoms with Crippen LogP contribution in [-0.4, -0.2) is 28.1 Å². The Morgan fingerprint density at radius 2 is 2.26 bits per heavy atom. The predicted molar refractivity (Wildman–Crippen MR) is 76.4 cm³/mol. The Bertz CT molecular complexity index is 445. The Kier molecular flexibility index (Phi) is 3.63. The van der Waals surface area contributed by atoms with E-state index in [1.165, 1.54) is 30.6 Å². The third-order valence-electron chi connectivity index (χ3n) is 4.83. The Hall–Kier alpha value is -0.870. The van der Waals surface area contributed by atoms with Crippen molar-refractivity contribution in [3.05, 3.63) is 22.4 Å². The Labute approximate surface area is 118 Å². The number of fused-ring (bicyclic) bond motifs is 1. The SMILES string of the molecule is CC(c1cccs1)N1C(C(=O)O)CC2CCCCC21. The zero-order valence-electron chi connectivity index (χ0n) is 11.3. The maximum atomic E-state index is 11.6. The molecule has 0 spiro atoms. The quantitative estimate of drug-likeness (QED) is 0.920. The van der Waals surface area contributed by atoms with Crippen molar-refractivity contribution in [2.75, 3.05) is 0 Å². The molecule has 1 aromatic heterocycles. The number of thiophene rings is 1. The van der Waals surface area contributed by atoms with E-state index in [2.05, 4.69) is 29.3 Å². The molecular weight excluding hydrogens is 258 g/mol. The van der Waals surface area contributed by atoms with Gasteiger partial charge in [-0.15, -0.1) is 11.3 Å². The minimum Gasteiger partial charge on any atom is -0.480 e. The number of likely N-dealkylation sites (tertiary alicyclic amines) is 1. The van der Waals surface area contributed by atoms with Crippen LogP contribution >= 0.6 is 11.3 Å². The zero-order valence-corrected chi connectivity index (χ0v) is 12.1. The monoisotopic (exact) mass is 279 g/mol. The fourth-order valence-electron chi connectivity index (χ4n) is 3.96. The Morgan fingerprint density at radius 1 is 1.47 bits per heavy atom. The number of hydrogen-bond donors (Lipinski definition) is 1. The lowest BCUT2D eigenvalue weighted by Crippen LogP contribution is -2.43. The van der Waals surface area contributed by atoms with Crippen LogP contribution in [0.5, 0.6) is 0 Å². The molecule has 4 unspecified atom stereocenters. The maximum absolute atomic E-state index is 11.6. The van der Waals surface area contributed by atoms with Crippen molar-refractivity contribution >= 4 is 17.3 Å². The van der Waals surface area contributed by atoms with Crippen LogP contribution in [0.1, 0.15) is 49.9 Å². The lowest BCUT2D eigenvalue weighted by Gasteiger charge is -2.36. The van der Waals surface area contributed by atoms with Gasteiger partial charge < -0.3 is 5.11 Å². The van der Waals surface area contributed by atoms with E-state index >= 15 is 0 Å². The van der Waals surface area contributed by atoms with Crippen LogP contribution < -0.4 is 0 Å². The normalized spacial score (nSPS) is 33.0. The summed E-state index contributed by atoms with van der Waals surface area (Å²) >= 11 is 1.74. The molecule has 19 heavy (non-hydrogen) atoms. The average Bonchev–Trinajstić information content (AvgIpc) is 3.05. The van der Waals surface area contributed by atoms with Gasteiger partial charge in [0.2, 0.25) is 0 Å². The highest BCUT2D eigenvalue weighted by atomic mass is 32.1. The highest BCUT2D eigenvalue weighted by molar-refractivity contribution is 7.10. The van der Waals surface area contributed by atoms with E-state index in [0.29, 0.717) is 12.0 Å². The number of hydrogen-bond acceptors (Lipinski definition) is 3. The van der Waals surface area contributed by atoms with E-state index in [1.54, 1.807) is 11.3 Å². The summed E-state index contributed by atoms with van der Waals surface area (Å²) in [6.45, 7) is 2.17. The molecule has 3 nitrogen and oxygen atoms in total. The van der Waals surface area contributed by atoms with Crippen LogP contribution in [0.4, 0.5) is 0 Å². The minimum absolute atomic E-state index is 0.231. The van der Waals surface area contributed by atoms with E-state index in [1.807, 2.05) is 0 Å². The molecule has 4 heteroatoms. The summed E-state index contributed by atoms with van der Waals surface area (Å²) in [7, 11) is 0. The van der Waals surface area contributed by atoms with Gasteiger partial charge in [0.25, 0.3) is 0 Å². The second kappa shape index (κ2) is 5.25. The van der Waals surface area contributed by atoms with E-state index in [-0.39, 0.29) is 12.1 Å². The second-order valence-electron chi connectivity index (χ2n) is 5.84. The van der Waals surface area contributed by atoms with Crippen molar-refractivity contribution in [1.29, 1.82) is 0 Å². The molecule has 104 valence electrons. The number of nitrogens with zero attached hydrogens (tertiary/aromatic N) is 1. The number of carbonyl (C=O) groups is 1. The average molecular weight is 279 g/mol. The van der Waals surface area contributed by atoms with Crippen molar-refractivity contribution in [3.8, 4) is 0 Å². The molecular formula is C15H21NO2S. The second-order valence-corrected chi connectivity index (χ2v) is 6.82. The summed E-state index contributed by atoms with van der Waals surface area (Å²) in [4.78, 5) is 15.2. The molecule has 2 fully saturated rings. The van der Waals surface area contributed by atoms with Crippen molar-refractivity contribution < 1.29 is 9.90 Å². The summed E-state index contributed by atoms with van der Waals surface area (Å²) in [6.07, 6.45) is 5.75. The smallest absolute Gasteiger partial charge is 0.320 e. The summed E-state index contributed by atoms with van der Waals surface area (Å²) in [6, 6.07) is 4.61. The summed E-state index contributed by atoms with van der Waals surface area (Å²) < 4.78 is 0. The van der Waals surface area contributed by atoms with Crippen LogP contribution in [-0.2, 0) is 4.79 Å². The third-order valence-corrected chi connectivity index (χ3v) is 5.87. The molecule has 1 saturated heterocycles. The number of carboxylic acids is 1. The van der Waals surface area contributed by atoms with Crippen LogP contribution in [0.2, 0.25) is 0 Å². The van der Waals surface area contributed by atoms with Crippen LogP contribution in [0.3, 0.4) is 0 Å². The molecule has 1 aromatic rings. The predicted octanol–water partition coefficient (Wildman–Crippen LogP) is 3.53. The van der Waals surface area contributed by atoms with Gasteiger partial charge in [0.15, 0.2) is 0 Å². The number of carboxylic acid groups (broad SMARTS) is 1. The summed E-state index contributed by atoms with van der Waals surface area (Å²) in [5.41, 5.74) is 0. The fourth-order valence-corrected chi connectivity index (χ4v) is 4.75. The lowest BCUT2D eigenvalue weighted by atomic mass is 9.84. The lowest BCUT2D eigenvalue weighted by molar-refractivity contribution is -0.143. The van der Waals surface area contributed by atoms with Crippen molar-refractivity contribution in [2.45, 2.75) is 57.2 Å². The molecule has 3 rings (SSSR count). The van der Waals surface area contributed by atoms with E-state index in [9.17, 15) is 9.90 Å². The molecule has 1 saturated carbocycles. The fraction of sp³-hybridized carbons (Fsp3) is 0.667. The van der Waals surface area contributed by atoms with E-state index in [0.717, 1.165) is 6.42 Å². The number of rotatable bonds is 3. The molecule has 1 aliphatic carbocycles. The first-order valence-corrected chi connectivity index (χ1v) is 8.10. The van der Waals surface area contributed by atoms with Crippen molar-refractivity contribution in [2.24, 2.45) is 5.92 Å². The zero-order chi connectivity index (χ0) is 13.4. The molecule has 4 atom stereocenters. The first-order valence-electron chi connectivity index (χ1n) is 7.22. The first kappa shape index (κ1) is 13.1. The largest absolute Gasteiger partial charge is 0.480 e. The molecule has 1 N–H and O–H groups in total. The highest BCUT2D eigenvalue weighted by Crippen LogP contribution is 2.44. The topological polar surface area (TPSA) is 40.5 Å². The summed E-state index contributed by atoms with van der Waals surface area (Å²) in [5, 5.41) is 11.6. The van der Waals surface area contributed by atoms with Crippen LogP contribution in [0.15, 0.2) is 17.5 Å². The van der Waals surface area contributed by atoms with Crippen LogP contribution in [0, 0.1) is 5.92 Å². The van der Waals surface area contributed by atoms with Gasteiger partial charge >= 0.3 is 5.97 Å². The molecule has 0 amide bonds. The molecule has 0 aromatic carbocycles. The van der Waals surface area contributed by atoms with Gasteiger partial charge in [-0.05, 0) is 43.6 Å². The third kappa shape index (κ3) is 2.32. The molecule has 0 radical (unpaired) electrons. The first-order chi connectivity index (χ1) is 9.18. The standard InChI is InChI=1S/C15H21NO2S/c1-10(14-7-4-8-19-14)16-12-6-3-2-5-11(12)9-13(16)15(17)18/h4,7-8,10-13H,2-3,5-6,9H2,1H3,(H,17,18). The van der Waals surface area contributed by atoms with Crippen molar-refractivity contribution in [3.63, 3.8) is 0 Å². The number of aliphatic carboxylic acids is 1. The van der Waals surface area contributed by atoms with Gasteiger partial charge in [-0.2, -0.15) is 0 Å². The van der Waals surface area contributed by atoms with Gasteiger partial charge in [0, 0.05) is 17.0 Å². The maximum Gasteiger partial charge on any atom is 0.320 e. The van der Waals surface area contributed by atoms with Crippen LogP contribution in [0.25, 0.3) is 0 Å². The molecule has 0 bridgehead atoms. The minimum atomic E-state index is -0.641. The summed E-state index contributed by atoms with van der Waals surface area (Å²) in [5.74, 6) is -0.0462. The Morgan fingerprint density at radius 3 is 2.95 bits per heavy atom. The van der Waals surface area contributed by atoms with Gasteiger partial charge in [-0.1, -0.05) is 18.9 Å². The van der Waals surface area contributed by atoms with Gasteiger partial charge in [0.05, 0.1) is 0 Å². The molecule has 2 heterocycles. The van der Waals surface area contributed by atoms with Gasteiger partial charge in [-0.3, -0.25) is 9.69 Å².